The van der Waals surface area contributed by atoms with Crippen LogP contribution >= 0.6 is 0 Å². The summed E-state index contributed by atoms with van der Waals surface area (Å²) in [7, 11) is 0. The lowest BCUT2D eigenvalue weighted by molar-refractivity contribution is -0.117. The first-order chi connectivity index (χ1) is 7.50. The largest absolute Gasteiger partial charge is 0.507 e. The van der Waals surface area contributed by atoms with Crippen molar-refractivity contribution in [3.8, 4) is 5.75 Å². The number of halogens is 1. The van der Waals surface area contributed by atoms with Crippen molar-refractivity contribution in [2.45, 2.75) is 6.42 Å². The second-order valence-corrected chi connectivity index (χ2v) is 3.13. The molecule has 0 atom stereocenters. The van der Waals surface area contributed by atoms with Crippen LogP contribution in [0, 0.1) is 5.82 Å². The molecule has 0 aromatic heterocycles. The topological polar surface area (TPSA) is 92.4 Å². The van der Waals surface area contributed by atoms with Crippen LogP contribution in [0.15, 0.2) is 18.2 Å². The molecule has 1 aromatic carbocycles. The van der Waals surface area contributed by atoms with Gasteiger partial charge in [0, 0.05) is 19.0 Å². The van der Waals surface area contributed by atoms with Gasteiger partial charge in [0.25, 0.3) is 5.91 Å². The lowest BCUT2D eigenvalue weighted by atomic mass is 10.2. The minimum Gasteiger partial charge on any atom is -0.507 e. The quantitative estimate of drug-likeness (QED) is 0.681. The summed E-state index contributed by atoms with van der Waals surface area (Å²) in [4.78, 5) is 21.8. The van der Waals surface area contributed by atoms with E-state index in [2.05, 4.69) is 5.32 Å². The third-order valence-electron chi connectivity index (χ3n) is 1.86. The first-order valence-electron chi connectivity index (χ1n) is 4.55. The number of rotatable bonds is 4. The maximum atomic E-state index is 12.6. The van der Waals surface area contributed by atoms with Gasteiger partial charge in [-0.3, -0.25) is 9.59 Å². The van der Waals surface area contributed by atoms with Crippen molar-refractivity contribution >= 4 is 11.8 Å². The zero-order chi connectivity index (χ0) is 12.1. The molecule has 0 spiro atoms. The van der Waals surface area contributed by atoms with E-state index in [0.29, 0.717) is 0 Å². The van der Waals surface area contributed by atoms with E-state index in [-0.39, 0.29) is 18.5 Å². The summed E-state index contributed by atoms with van der Waals surface area (Å²) in [6, 6.07) is 3.05. The Kier molecular flexibility index (Phi) is 3.82. The number of primary amides is 1. The van der Waals surface area contributed by atoms with Crippen molar-refractivity contribution in [2.24, 2.45) is 5.73 Å². The van der Waals surface area contributed by atoms with Crippen LogP contribution < -0.4 is 11.1 Å². The van der Waals surface area contributed by atoms with E-state index in [9.17, 15) is 19.1 Å². The van der Waals surface area contributed by atoms with Crippen molar-refractivity contribution in [2.75, 3.05) is 6.54 Å². The molecule has 0 saturated carbocycles. The predicted octanol–water partition coefficient (Wildman–Crippen LogP) is 0.136. The molecule has 0 aliphatic heterocycles. The molecule has 2 amide bonds. The molecule has 86 valence electrons. The molecule has 5 nitrogen and oxygen atoms in total. The van der Waals surface area contributed by atoms with Crippen LogP contribution in [0.3, 0.4) is 0 Å². The molecule has 16 heavy (non-hydrogen) atoms. The Balaban J connectivity index is 2.63. The number of nitrogens with two attached hydrogens (primary N) is 1. The van der Waals surface area contributed by atoms with Crippen LogP contribution in [-0.2, 0) is 4.79 Å². The van der Waals surface area contributed by atoms with Crippen LogP contribution in [-0.4, -0.2) is 23.5 Å². The van der Waals surface area contributed by atoms with Crippen LogP contribution in [0.2, 0.25) is 0 Å². The molecule has 4 N–H and O–H groups in total. The van der Waals surface area contributed by atoms with E-state index in [4.69, 9.17) is 5.73 Å². The van der Waals surface area contributed by atoms with Gasteiger partial charge in [-0.15, -0.1) is 0 Å². The van der Waals surface area contributed by atoms with Crippen LogP contribution in [0.1, 0.15) is 16.8 Å². The molecule has 0 saturated heterocycles. The minimum absolute atomic E-state index is 0.00764. The van der Waals surface area contributed by atoms with Gasteiger partial charge in [0.2, 0.25) is 5.91 Å². The highest BCUT2D eigenvalue weighted by Crippen LogP contribution is 2.17. The number of phenolic OH excluding ortho intramolecular Hbond substituents is 1. The van der Waals surface area contributed by atoms with Gasteiger partial charge >= 0.3 is 0 Å². The summed E-state index contributed by atoms with van der Waals surface area (Å²) in [5, 5.41) is 11.6. The van der Waals surface area contributed by atoms with Crippen LogP contribution in [0.4, 0.5) is 4.39 Å². The number of hydrogen-bond donors (Lipinski definition) is 3. The molecule has 0 radical (unpaired) electrons. The molecule has 6 heteroatoms. The summed E-state index contributed by atoms with van der Waals surface area (Å²) in [6.07, 6.45) is 0.00764. The van der Waals surface area contributed by atoms with E-state index in [1.165, 1.54) is 0 Å². The molecule has 0 aliphatic rings. The Hall–Kier alpha value is -2.11. The van der Waals surface area contributed by atoms with E-state index < -0.39 is 23.4 Å². The first kappa shape index (κ1) is 12.0. The zero-order valence-electron chi connectivity index (χ0n) is 8.37. The van der Waals surface area contributed by atoms with Gasteiger partial charge in [-0.1, -0.05) is 0 Å². The van der Waals surface area contributed by atoms with Crippen LogP contribution in [0.5, 0.6) is 5.75 Å². The minimum atomic E-state index is -0.633. The molecule has 0 unspecified atom stereocenters. The Morgan fingerprint density at radius 3 is 2.69 bits per heavy atom. The number of benzene rings is 1. The molecule has 1 rings (SSSR count). The smallest absolute Gasteiger partial charge is 0.255 e. The highest BCUT2D eigenvalue weighted by Gasteiger charge is 2.11. The fourth-order valence-corrected chi connectivity index (χ4v) is 1.09. The highest BCUT2D eigenvalue weighted by atomic mass is 19.1. The number of amides is 2. The molecule has 0 bridgehead atoms. The number of carbonyl (C=O) groups excluding carboxylic acids is 2. The Morgan fingerprint density at radius 2 is 2.12 bits per heavy atom. The summed E-state index contributed by atoms with van der Waals surface area (Å²) < 4.78 is 12.6. The SMILES string of the molecule is NC(=O)CCNC(=O)c1ccc(F)cc1O. The third kappa shape index (κ3) is 3.23. The van der Waals surface area contributed by atoms with Crippen molar-refractivity contribution in [1.82, 2.24) is 5.32 Å². The van der Waals surface area contributed by atoms with Crippen molar-refractivity contribution in [1.29, 1.82) is 0 Å². The van der Waals surface area contributed by atoms with E-state index in [1.54, 1.807) is 0 Å². The Labute approximate surface area is 91.1 Å². The number of nitrogens with one attached hydrogen (secondary N) is 1. The molecule has 0 aliphatic carbocycles. The zero-order valence-corrected chi connectivity index (χ0v) is 8.37. The Bertz CT molecular complexity index is 421. The molecular weight excluding hydrogens is 215 g/mol. The third-order valence-corrected chi connectivity index (χ3v) is 1.86. The molecule has 0 fully saturated rings. The predicted molar refractivity (Wildman–Crippen MR) is 54.2 cm³/mol. The van der Waals surface area contributed by atoms with Crippen molar-refractivity contribution in [3.63, 3.8) is 0 Å². The van der Waals surface area contributed by atoms with Crippen LogP contribution in [0.25, 0.3) is 0 Å². The average Bonchev–Trinajstić information content (AvgIpc) is 2.16. The van der Waals surface area contributed by atoms with E-state index in [1.807, 2.05) is 0 Å². The highest BCUT2D eigenvalue weighted by molar-refractivity contribution is 5.96. The monoisotopic (exact) mass is 226 g/mol. The maximum Gasteiger partial charge on any atom is 0.255 e. The van der Waals surface area contributed by atoms with E-state index >= 15 is 0 Å². The summed E-state index contributed by atoms with van der Waals surface area (Å²) in [5.74, 6) is -2.20. The first-order valence-corrected chi connectivity index (χ1v) is 4.55. The van der Waals surface area contributed by atoms with Crippen molar-refractivity contribution in [3.05, 3.63) is 29.6 Å². The van der Waals surface area contributed by atoms with Gasteiger partial charge in [0.05, 0.1) is 5.56 Å². The normalized spacial score (nSPS) is 9.81. The fraction of sp³-hybridized carbons (Fsp3) is 0.200. The van der Waals surface area contributed by atoms with Gasteiger partial charge in [0.1, 0.15) is 11.6 Å². The summed E-state index contributed by atoms with van der Waals surface area (Å²) >= 11 is 0. The lowest BCUT2D eigenvalue weighted by Gasteiger charge is -2.05. The maximum absolute atomic E-state index is 12.6. The van der Waals surface area contributed by atoms with E-state index in [0.717, 1.165) is 18.2 Å². The second kappa shape index (κ2) is 5.11. The number of aromatic hydroxyl groups is 1. The molecule has 0 heterocycles. The number of carbonyl (C=O) groups is 2. The van der Waals surface area contributed by atoms with Gasteiger partial charge in [-0.25, -0.2) is 4.39 Å². The molecule has 1 aromatic rings. The standard InChI is InChI=1S/C10H11FN2O3/c11-6-1-2-7(8(14)5-6)10(16)13-4-3-9(12)15/h1-2,5,14H,3-4H2,(H2,12,15)(H,13,16). The van der Waals surface area contributed by atoms with Crippen molar-refractivity contribution < 1.29 is 19.1 Å². The summed E-state index contributed by atoms with van der Waals surface area (Å²) in [6.45, 7) is 0.0744. The summed E-state index contributed by atoms with van der Waals surface area (Å²) in [5.41, 5.74) is 4.83. The number of phenols is 1. The fourth-order valence-electron chi connectivity index (χ4n) is 1.09. The average molecular weight is 226 g/mol. The molecular formula is C10H11FN2O3. The van der Waals surface area contributed by atoms with Gasteiger partial charge in [-0.05, 0) is 12.1 Å². The number of hydrogen-bond acceptors (Lipinski definition) is 3. The van der Waals surface area contributed by atoms with Gasteiger partial charge < -0.3 is 16.2 Å². The Morgan fingerprint density at radius 1 is 1.44 bits per heavy atom. The van der Waals surface area contributed by atoms with Gasteiger partial charge in [0.15, 0.2) is 0 Å². The van der Waals surface area contributed by atoms with Gasteiger partial charge in [-0.2, -0.15) is 0 Å². The second-order valence-electron chi connectivity index (χ2n) is 3.13. The lowest BCUT2D eigenvalue weighted by Crippen LogP contribution is -2.27.